The van der Waals surface area contributed by atoms with E-state index in [4.69, 9.17) is 0 Å². The molecule has 3 aromatic rings. The summed E-state index contributed by atoms with van der Waals surface area (Å²) in [5.41, 5.74) is 3.39. The van der Waals surface area contributed by atoms with Crippen LogP contribution in [0, 0.1) is 5.92 Å². The molecule has 0 unspecified atom stereocenters. The Hall–Kier alpha value is -2.69. The first kappa shape index (κ1) is 17.1. The summed E-state index contributed by atoms with van der Waals surface area (Å²) in [5.74, 6) is 0.470. The van der Waals surface area contributed by atoms with Gasteiger partial charge in [-0.05, 0) is 30.5 Å². The van der Waals surface area contributed by atoms with Crippen LogP contribution < -0.4 is 0 Å². The summed E-state index contributed by atoms with van der Waals surface area (Å²) in [7, 11) is 3.62. The molecule has 0 bridgehead atoms. The van der Waals surface area contributed by atoms with Gasteiger partial charge in [-0.3, -0.25) is 14.5 Å². The number of amides is 1. The average molecular weight is 336 g/mol. The third-order valence-electron chi connectivity index (χ3n) is 4.17. The lowest BCUT2D eigenvalue weighted by molar-refractivity contribution is 0.0772. The number of rotatable bonds is 5. The molecular formula is C20H24N4O. The maximum Gasteiger partial charge on any atom is 0.272 e. The van der Waals surface area contributed by atoms with Crippen LogP contribution in [-0.4, -0.2) is 32.6 Å². The van der Waals surface area contributed by atoms with Gasteiger partial charge in [-0.2, -0.15) is 5.10 Å². The number of aryl methyl sites for hydroxylation is 1. The summed E-state index contributed by atoms with van der Waals surface area (Å²) in [5, 5.41) is 5.56. The highest BCUT2D eigenvalue weighted by Crippen LogP contribution is 2.15. The zero-order valence-electron chi connectivity index (χ0n) is 15.2. The predicted octanol–water partition coefficient (Wildman–Crippen LogP) is 3.44. The van der Waals surface area contributed by atoms with Gasteiger partial charge in [-0.1, -0.05) is 38.1 Å². The second kappa shape index (κ2) is 7.05. The molecule has 5 nitrogen and oxygen atoms in total. The maximum absolute atomic E-state index is 12.8. The van der Waals surface area contributed by atoms with Gasteiger partial charge < -0.3 is 4.90 Å². The van der Waals surface area contributed by atoms with Gasteiger partial charge in [0.1, 0.15) is 5.69 Å². The third kappa shape index (κ3) is 3.87. The van der Waals surface area contributed by atoms with Gasteiger partial charge in [0.15, 0.2) is 0 Å². The number of aromatic nitrogens is 3. The van der Waals surface area contributed by atoms with Crippen molar-refractivity contribution in [2.24, 2.45) is 13.0 Å². The molecule has 0 N–H and O–H groups in total. The SMILES string of the molecule is CC(C)Cc1cc(C(=O)N(C)Cc2ccc3ccccc3n2)n(C)n1. The molecule has 3 rings (SSSR count). The van der Waals surface area contributed by atoms with E-state index in [-0.39, 0.29) is 5.91 Å². The maximum atomic E-state index is 12.8. The van der Waals surface area contributed by atoms with E-state index in [1.807, 2.05) is 49.5 Å². The predicted molar refractivity (Wildman–Crippen MR) is 99.3 cm³/mol. The van der Waals surface area contributed by atoms with Crippen LogP contribution in [0.4, 0.5) is 0 Å². The highest BCUT2D eigenvalue weighted by atomic mass is 16.2. The molecular weight excluding hydrogens is 312 g/mol. The van der Waals surface area contributed by atoms with Crippen LogP contribution in [-0.2, 0) is 20.0 Å². The molecule has 1 aromatic carbocycles. The molecule has 2 aromatic heterocycles. The summed E-state index contributed by atoms with van der Waals surface area (Å²) in [6, 6.07) is 13.9. The van der Waals surface area contributed by atoms with Gasteiger partial charge in [0.2, 0.25) is 0 Å². The third-order valence-corrected chi connectivity index (χ3v) is 4.17. The van der Waals surface area contributed by atoms with Crippen molar-refractivity contribution in [2.75, 3.05) is 7.05 Å². The number of benzene rings is 1. The smallest absolute Gasteiger partial charge is 0.272 e. The molecule has 0 radical (unpaired) electrons. The number of nitrogens with zero attached hydrogens (tertiary/aromatic N) is 4. The fourth-order valence-corrected chi connectivity index (χ4v) is 2.95. The van der Waals surface area contributed by atoms with Crippen LogP contribution in [0.2, 0.25) is 0 Å². The van der Waals surface area contributed by atoms with Crippen molar-refractivity contribution in [3.05, 3.63) is 59.5 Å². The van der Waals surface area contributed by atoms with Gasteiger partial charge in [-0.15, -0.1) is 0 Å². The molecule has 1 amide bonds. The van der Waals surface area contributed by atoms with E-state index < -0.39 is 0 Å². The average Bonchev–Trinajstić information content (AvgIpc) is 2.93. The molecule has 25 heavy (non-hydrogen) atoms. The van der Waals surface area contributed by atoms with Crippen LogP contribution in [0.25, 0.3) is 10.9 Å². The van der Waals surface area contributed by atoms with Crippen LogP contribution in [0.5, 0.6) is 0 Å². The van der Waals surface area contributed by atoms with E-state index >= 15 is 0 Å². The number of fused-ring (bicyclic) bond motifs is 1. The van der Waals surface area contributed by atoms with E-state index in [0.717, 1.165) is 28.7 Å². The van der Waals surface area contributed by atoms with Crippen molar-refractivity contribution in [3.63, 3.8) is 0 Å². The monoisotopic (exact) mass is 336 g/mol. The second-order valence-corrected chi connectivity index (χ2v) is 6.90. The Morgan fingerprint density at radius 1 is 1.16 bits per heavy atom. The molecule has 130 valence electrons. The minimum absolute atomic E-state index is 0.0417. The first-order chi connectivity index (χ1) is 11.9. The van der Waals surface area contributed by atoms with Gasteiger partial charge in [0.05, 0.1) is 23.4 Å². The van der Waals surface area contributed by atoms with E-state index in [1.54, 1.807) is 16.6 Å². The number of hydrogen-bond donors (Lipinski definition) is 0. The molecule has 0 fully saturated rings. The topological polar surface area (TPSA) is 51.0 Å². The van der Waals surface area contributed by atoms with Gasteiger partial charge in [0.25, 0.3) is 5.91 Å². The minimum atomic E-state index is -0.0417. The molecule has 0 aliphatic carbocycles. The highest BCUT2D eigenvalue weighted by molar-refractivity contribution is 5.92. The first-order valence-corrected chi connectivity index (χ1v) is 8.57. The number of carbonyl (C=O) groups is 1. The summed E-state index contributed by atoms with van der Waals surface area (Å²) in [6.07, 6.45) is 0.872. The van der Waals surface area contributed by atoms with Gasteiger partial charge >= 0.3 is 0 Å². The van der Waals surface area contributed by atoms with Crippen molar-refractivity contribution in [3.8, 4) is 0 Å². The lowest BCUT2D eigenvalue weighted by Crippen LogP contribution is -2.28. The molecule has 2 heterocycles. The van der Waals surface area contributed by atoms with Crippen molar-refractivity contribution in [1.29, 1.82) is 0 Å². The zero-order valence-corrected chi connectivity index (χ0v) is 15.2. The summed E-state index contributed by atoms with van der Waals surface area (Å²) in [6.45, 7) is 4.76. The van der Waals surface area contributed by atoms with Gasteiger partial charge in [0, 0.05) is 19.5 Å². The molecule has 0 spiro atoms. The Labute approximate surface area is 148 Å². The Kier molecular flexibility index (Phi) is 4.83. The quantitative estimate of drug-likeness (QED) is 0.717. The number of para-hydroxylation sites is 1. The minimum Gasteiger partial charge on any atom is -0.334 e. The molecule has 0 aliphatic rings. The molecule has 0 saturated heterocycles. The Morgan fingerprint density at radius 3 is 2.68 bits per heavy atom. The van der Waals surface area contributed by atoms with Crippen LogP contribution in [0.3, 0.4) is 0 Å². The Bertz CT molecular complexity index is 898. The number of hydrogen-bond acceptors (Lipinski definition) is 3. The Morgan fingerprint density at radius 2 is 1.92 bits per heavy atom. The normalized spacial score (nSPS) is 11.2. The molecule has 5 heteroatoms. The largest absolute Gasteiger partial charge is 0.334 e. The second-order valence-electron chi connectivity index (χ2n) is 6.90. The summed E-state index contributed by atoms with van der Waals surface area (Å²) < 4.78 is 1.67. The fraction of sp³-hybridized carbons (Fsp3) is 0.350. The van der Waals surface area contributed by atoms with E-state index in [0.29, 0.717) is 18.2 Å². The van der Waals surface area contributed by atoms with Crippen molar-refractivity contribution in [2.45, 2.75) is 26.8 Å². The summed E-state index contributed by atoms with van der Waals surface area (Å²) in [4.78, 5) is 19.1. The molecule has 0 atom stereocenters. The van der Waals surface area contributed by atoms with Crippen LogP contribution in [0.15, 0.2) is 42.5 Å². The molecule has 0 aliphatic heterocycles. The van der Waals surface area contributed by atoms with E-state index in [2.05, 4.69) is 23.9 Å². The van der Waals surface area contributed by atoms with Crippen molar-refractivity contribution in [1.82, 2.24) is 19.7 Å². The lowest BCUT2D eigenvalue weighted by atomic mass is 10.1. The molecule has 0 saturated carbocycles. The fourth-order valence-electron chi connectivity index (χ4n) is 2.95. The van der Waals surface area contributed by atoms with Gasteiger partial charge in [-0.25, -0.2) is 0 Å². The van der Waals surface area contributed by atoms with Crippen LogP contribution >= 0.6 is 0 Å². The van der Waals surface area contributed by atoms with E-state index in [1.165, 1.54) is 0 Å². The lowest BCUT2D eigenvalue weighted by Gasteiger charge is -2.17. The highest BCUT2D eigenvalue weighted by Gasteiger charge is 2.18. The summed E-state index contributed by atoms with van der Waals surface area (Å²) >= 11 is 0. The van der Waals surface area contributed by atoms with Crippen molar-refractivity contribution >= 4 is 16.8 Å². The standard InChI is InChI=1S/C20H24N4O/c1-14(2)11-17-12-19(24(4)22-17)20(25)23(3)13-16-10-9-15-7-5-6-8-18(15)21-16/h5-10,12,14H,11,13H2,1-4H3. The van der Waals surface area contributed by atoms with Crippen molar-refractivity contribution < 1.29 is 4.79 Å². The number of carbonyl (C=O) groups excluding carboxylic acids is 1. The first-order valence-electron chi connectivity index (χ1n) is 8.57. The number of pyridine rings is 1. The van der Waals surface area contributed by atoms with E-state index in [9.17, 15) is 4.79 Å². The van der Waals surface area contributed by atoms with Crippen LogP contribution in [0.1, 0.15) is 35.7 Å². The Balaban J connectivity index is 1.76. The zero-order chi connectivity index (χ0) is 18.0.